The van der Waals surface area contributed by atoms with Crippen molar-refractivity contribution in [1.82, 2.24) is 14.4 Å². The van der Waals surface area contributed by atoms with Crippen LogP contribution in [0.4, 0.5) is 0 Å². The standard InChI is InChI=1S/C22H23N3O3/c1-23-18(17-7-3-2-4-8-17)10-11-19(23)21(26)24-12-6-13-25(15-14-24)22(27)20-9-5-16-28-20/h2-5,7-11,16H,6,12-15H2,1H3. The first kappa shape index (κ1) is 18.1. The summed E-state index contributed by atoms with van der Waals surface area (Å²) in [5, 5.41) is 0. The number of benzene rings is 1. The Hall–Kier alpha value is -3.28. The van der Waals surface area contributed by atoms with Gasteiger partial charge in [0.2, 0.25) is 0 Å². The molecule has 0 unspecified atom stereocenters. The Bertz CT molecular complexity index is 960. The molecule has 1 aromatic carbocycles. The zero-order chi connectivity index (χ0) is 19.5. The van der Waals surface area contributed by atoms with Crippen LogP contribution in [0.5, 0.6) is 0 Å². The SMILES string of the molecule is Cn1c(C(=O)N2CCCN(C(=O)c3ccco3)CC2)ccc1-c1ccccc1. The van der Waals surface area contributed by atoms with Crippen molar-refractivity contribution in [3.8, 4) is 11.3 Å². The third kappa shape index (κ3) is 3.45. The Balaban J connectivity index is 1.47. The van der Waals surface area contributed by atoms with Crippen LogP contribution in [0.3, 0.4) is 0 Å². The fraction of sp³-hybridized carbons (Fsp3) is 0.273. The van der Waals surface area contributed by atoms with E-state index in [-0.39, 0.29) is 11.8 Å². The maximum Gasteiger partial charge on any atom is 0.289 e. The van der Waals surface area contributed by atoms with Gasteiger partial charge in [0.25, 0.3) is 11.8 Å². The number of aromatic nitrogens is 1. The first-order chi connectivity index (χ1) is 13.6. The fourth-order valence-corrected chi connectivity index (χ4v) is 3.67. The summed E-state index contributed by atoms with van der Waals surface area (Å²) in [6.07, 6.45) is 2.24. The second kappa shape index (κ2) is 7.76. The van der Waals surface area contributed by atoms with Crippen LogP contribution in [-0.2, 0) is 7.05 Å². The Labute approximate surface area is 164 Å². The summed E-state index contributed by atoms with van der Waals surface area (Å²) in [5.41, 5.74) is 2.74. The van der Waals surface area contributed by atoms with E-state index in [1.54, 1.807) is 17.0 Å². The van der Waals surface area contributed by atoms with Crippen LogP contribution in [0.1, 0.15) is 27.5 Å². The number of amides is 2. The normalized spacial score (nSPS) is 14.8. The van der Waals surface area contributed by atoms with Gasteiger partial charge < -0.3 is 18.8 Å². The van der Waals surface area contributed by atoms with Crippen LogP contribution < -0.4 is 0 Å². The van der Waals surface area contributed by atoms with E-state index in [2.05, 4.69) is 0 Å². The molecular weight excluding hydrogens is 354 g/mol. The molecule has 1 saturated heterocycles. The van der Waals surface area contributed by atoms with E-state index in [0.717, 1.165) is 17.7 Å². The molecule has 0 spiro atoms. The molecule has 0 atom stereocenters. The average Bonchev–Trinajstić information content (AvgIpc) is 3.32. The van der Waals surface area contributed by atoms with Crippen molar-refractivity contribution in [2.45, 2.75) is 6.42 Å². The van der Waals surface area contributed by atoms with E-state index in [1.165, 1.54) is 6.26 Å². The van der Waals surface area contributed by atoms with E-state index in [4.69, 9.17) is 4.42 Å². The number of carbonyl (C=O) groups excluding carboxylic acids is 2. The molecule has 2 aromatic heterocycles. The van der Waals surface area contributed by atoms with Gasteiger partial charge in [-0.15, -0.1) is 0 Å². The summed E-state index contributed by atoms with van der Waals surface area (Å²) in [5.74, 6) is 0.219. The highest BCUT2D eigenvalue weighted by molar-refractivity contribution is 5.94. The number of nitrogens with zero attached hydrogens (tertiary/aromatic N) is 3. The van der Waals surface area contributed by atoms with Crippen LogP contribution in [0.25, 0.3) is 11.3 Å². The molecule has 1 fully saturated rings. The maximum atomic E-state index is 13.1. The van der Waals surface area contributed by atoms with Gasteiger partial charge in [0.15, 0.2) is 5.76 Å². The predicted molar refractivity (Wildman–Crippen MR) is 106 cm³/mol. The maximum absolute atomic E-state index is 13.1. The van der Waals surface area contributed by atoms with Crippen molar-refractivity contribution in [2.75, 3.05) is 26.2 Å². The number of furan rings is 1. The molecule has 0 saturated carbocycles. The van der Waals surface area contributed by atoms with Crippen LogP contribution in [0.2, 0.25) is 0 Å². The molecule has 2 amide bonds. The average molecular weight is 377 g/mol. The molecule has 1 aliphatic rings. The second-order valence-electron chi connectivity index (χ2n) is 6.94. The number of carbonyl (C=O) groups is 2. The minimum absolute atomic E-state index is 0.00280. The molecule has 3 aromatic rings. The summed E-state index contributed by atoms with van der Waals surface area (Å²) < 4.78 is 7.16. The predicted octanol–water partition coefficient (Wildman–Crippen LogP) is 3.27. The monoisotopic (exact) mass is 377 g/mol. The molecule has 28 heavy (non-hydrogen) atoms. The highest BCUT2D eigenvalue weighted by atomic mass is 16.3. The number of hydrogen-bond acceptors (Lipinski definition) is 3. The fourth-order valence-electron chi connectivity index (χ4n) is 3.67. The summed E-state index contributed by atoms with van der Waals surface area (Å²) in [4.78, 5) is 29.2. The lowest BCUT2D eigenvalue weighted by molar-refractivity contribution is 0.0696. The van der Waals surface area contributed by atoms with Crippen molar-refractivity contribution in [1.29, 1.82) is 0 Å². The Morgan fingerprint density at radius 2 is 1.54 bits per heavy atom. The molecule has 0 radical (unpaired) electrons. The molecule has 6 nitrogen and oxygen atoms in total. The van der Waals surface area contributed by atoms with Gasteiger partial charge in [-0.2, -0.15) is 0 Å². The zero-order valence-corrected chi connectivity index (χ0v) is 15.9. The molecule has 0 N–H and O–H groups in total. The summed E-state index contributed by atoms with van der Waals surface area (Å²) in [6, 6.07) is 17.3. The van der Waals surface area contributed by atoms with Gasteiger partial charge in [-0.1, -0.05) is 30.3 Å². The molecule has 0 bridgehead atoms. The smallest absolute Gasteiger partial charge is 0.289 e. The molecular formula is C22H23N3O3. The summed E-state index contributed by atoms with van der Waals surface area (Å²) in [7, 11) is 1.92. The topological polar surface area (TPSA) is 58.7 Å². The number of hydrogen-bond donors (Lipinski definition) is 0. The quantitative estimate of drug-likeness (QED) is 0.704. The number of rotatable bonds is 3. The van der Waals surface area contributed by atoms with E-state index in [1.807, 2.05) is 59.0 Å². The van der Waals surface area contributed by atoms with Gasteiger partial charge >= 0.3 is 0 Å². The van der Waals surface area contributed by atoms with Crippen molar-refractivity contribution in [2.24, 2.45) is 7.05 Å². The van der Waals surface area contributed by atoms with Crippen molar-refractivity contribution < 1.29 is 14.0 Å². The van der Waals surface area contributed by atoms with E-state index in [9.17, 15) is 9.59 Å². The Morgan fingerprint density at radius 1 is 0.821 bits per heavy atom. The highest BCUT2D eigenvalue weighted by Gasteiger charge is 2.26. The third-order valence-electron chi connectivity index (χ3n) is 5.21. The van der Waals surface area contributed by atoms with Crippen LogP contribution >= 0.6 is 0 Å². The Morgan fingerprint density at radius 3 is 2.21 bits per heavy atom. The van der Waals surface area contributed by atoms with Gasteiger partial charge in [0.05, 0.1) is 6.26 Å². The first-order valence-electron chi connectivity index (χ1n) is 9.48. The lowest BCUT2D eigenvalue weighted by atomic mass is 10.2. The van der Waals surface area contributed by atoms with Crippen LogP contribution in [0, 0.1) is 0 Å². The molecule has 6 heteroatoms. The van der Waals surface area contributed by atoms with Gasteiger partial charge in [-0.3, -0.25) is 9.59 Å². The lowest BCUT2D eigenvalue weighted by Gasteiger charge is -2.22. The summed E-state index contributed by atoms with van der Waals surface area (Å²) >= 11 is 0. The summed E-state index contributed by atoms with van der Waals surface area (Å²) in [6.45, 7) is 2.26. The van der Waals surface area contributed by atoms with E-state index >= 15 is 0 Å². The van der Waals surface area contributed by atoms with Gasteiger partial charge in [-0.25, -0.2) is 0 Å². The molecule has 1 aliphatic heterocycles. The van der Waals surface area contributed by atoms with Gasteiger partial charge in [-0.05, 0) is 36.2 Å². The minimum atomic E-state index is -0.121. The van der Waals surface area contributed by atoms with Crippen molar-refractivity contribution in [3.05, 3.63) is 72.3 Å². The minimum Gasteiger partial charge on any atom is -0.459 e. The molecule has 3 heterocycles. The first-order valence-corrected chi connectivity index (χ1v) is 9.48. The van der Waals surface area contributed by atoms with Crippen molar-refractivity contribution >= 4 is 11.8 Å². The van der Waals surface area contributed by atoms with Gasteiger partial charge in [0, 0.05) is 38.9 Å². The van der Waals surface area contributed by atoms with Crippen LogP contribution in [-0.4, -0.2) is 52.4 Å². The third-order valence-corrected chi connectivity index (χ3v) is 5.21. The molecule has 0 aliphatic carbocycles. The Kier molecular flexibility index (Phi) is 5.02. The molecule has 4 rings (SSSR count). The second-order valence-corrected chi connectivity index (χ2v) is 6.94. The molecule has 144 valence electrons. The highest BCUT2D eigenvalue weighted by Crippen LogP contribution is 2.22. The van der Waals surface area contributed by atoms with Crippen molar-refractivity contribution in [3.63, 3.8) is 0 Å². The van der Waals surface area contributed by atoms with Gasteiger partial charge in [0.1, 0.15) is 5.69 Å². The largest absolute Gasteiger partial charge is 0.459 e. The lowest BCUT2D eigenvalue weighted by Crippen LogP contribution is -2.37. The van der Waals surface area contributed by atoms with Crippen LogP contribution in [0.15, 0.2) is 65.3 Å². The van der Waals surface area contributed by atoms with E-state index in [0.29, 0.717) is 37.6 Å². The zero-order valence-electron chi connectivity index (χ0n) is 15.9. The van der Waals surface area contributed by atoms with E-state index < -0.39 is 0 Å².